The van der Waals surface area contributed by atoms with Crippen LogP contribution in [0.1, 0.15) is 18.7 Å². The van der Waals surface area contributed by atoms with E-state index in [2.05, 4.69) is 25.4 Å². The van der Waals surface area contributed by atoms with E-state index >= 15 is 0 Å². The maximum atomic E-state index is 5.55. The monoisotopic (exact) mass is 394 g/mol. The number of hydrogen-bond donors (Lipinski definition) is 0. The minimum atomic E-state index is 0.503. The molecule has 0 N–H and O–H groups in total. The fraction of sp³-hybridized carbons (Fsp3) is 0.211. The van der Waals surface area contributed by atoms with E-state index in [4.69, 9.17) is 9.15 Å². The number of nitrogens with zero attached hydrogens (tertiary/aromatic N) is 6. The highest BCUT2D eigenvalue weighted by molar-refractivity contribution is 7.98. The Morgan fingerprint density at radius 2 is 1.93 bits per heavy atom. The minimum Gasteiger partial charge on any atom is -0.494 e. The molecule has 0 aliphatic rings. The van der Waals surface area contributed by atoms with Crippen LogP contribution < -0.4 is 4.74 Å². The normalized spacial score (nSPS) is 10.9. The fourth-order valence-corrected chi connectivity index (χ4v) is 3.45. The molecule has 3 aromatic heterocycles. The Labute approximate surface area is 166 Å². The van der Waals surface area contributed by atoms with Gasteiger partial charge in [0.2, 0.25) is 11.8 Å². The summed E-state index contributed by atoms with van der Waals surface area (Å²) in [6.07, 6.45) is 3.50. The summed E-state index contributed by atoms with van der Waals surface area (Å²) in [5.41, 5.74) is 1.81. The standard InChI is InChI=1S/C19H18N6O2S/c1-3-26-16-8-6-15(7-9-16)25-18(14-5-4-10-20-11-14)23-24-19(25)28-12-17-22-21-13(2)27-17/h4-11H,3,12H2,1-2H3. The van der Waals surface area contributed by atoms with Crippen LogP contribution in [0.4, 0.5) is 0 Å². The van der Waals surface area contributed by atoms with E-state index in [0.29, 0.717) is 30.0 Å². The summed E-state index contributed by atoms with van der Waals surface area (Å²) in [5.74, 6) is 3.12. The van der Waals surface area contributed by atoms with Crippen molar-refractivity contribution in [2.24, 2.45) is 0 Å². The second kappa shape index (κ2) is 8.22. The Kier molecular flexibility index (Phi) is 5.34. The van der Waals surface area contributed by atoms with Gasteiger partial charge in [0.25, 0.3) is 0 Å². The van der Waals surface area contributed by atoms with Crippen molar-refractivity contribution in [3.8, 4) is 22.8 Å². The van der Waals surface area contributed by atoms with Crippen molar-refractivity contribution >= 4 is 11.8 Å². The first-order valence-corrected chi connectivity index (χ1v) is 9.74. The largest absolute Gasteiger partial charge is 0.494 e. The molecule has 0 atom stereocenters. The first-order chi connectivity index (χ1) is 13.7. The number of hydrogen-bond acceptors (Lipinski definition) is 8. The molecule has 0 saturated heterocycles. The lowest BCUT2D eigenvalue weighted by Gasteiger charge is -2.11. The first-order valence-electron chi connectivity index (χ1n) is 8.75. The van der Waals surface area contributed by atoms with Gasteiger partial charge in [-0.15, -0.1) is 20.4 Å². The number of aryl methyl sites for hydroxylation is 1. The van der Waals surface area contributed by atoms with Crippen LogP contribution in [0.2, 0.25) is 0 Å². The Morgan fingerprint density at radius 1 is 1.07 bits per heavy atom. The molecule has 142 valence electrons. The number of benzene rings is 1. The molecule has 0 fully saturated rings. The summed E-state index contributed by atoms with van der Waals surface area (Å²) in [6.45, 7) is 4.35. The van der Waals surface area contributed by atoms with E-state index in [9.17, 15) is 0 Å². The number of pyridine rings is 1. The highest BCUT2D eigenvalue weighted by atomic mass is 32.2. The van der Waals surface area contributed by atoms with Crippen LogP contribution in [-0.4, -0.2) is 36.6 Å². The molecule has 0 spiro atoms. The molecular formula is C19H18N6O2S. The first kappa shape index (κ1) is 18.2. The fourth-order valence-electron chi connectivity index (χ4n) is 2.66. The Bertz CT molecular complexity index is 1050. The van der Waals surface area contributed by atoms with Gasteiger partial charge in [0.1, 0.15) is 5.75 Å². The number of thioether (sulfide) groups is 1. The Balaban J connectivity index is 1.70. The van der Waals surface area contributed by atoms with E-state index in [1.54, 1.807) is 19.3 Å². The summed E-state index contributed by atoms with van der Waals surface area (Å²) in [4.78, 5) is 4.20. The summed E-state index contributed by atoms with van der Waals surface area (Å²) < 4.78 is 13.0. The SMILES string of the molecule is CCOc1ccc(-n2c(SCc3nnc(C)o3)nnc2-c2cccnc2)cc1. The van der Waals surface area contributed by atoms with Crippen LogP contribution in [0.25, 0.3) is 17.1 Å². The van der Waals surface area contributed by atoms with Crippen LogP contribution in [-0.2, 0) is 5.75 Å². The molecule has 0 bridgehead atoms. The molecule has 0 unspecified atom stereocenters. The average molecular weight is 394 g/mol. The van der Waals surface area contributed by atoms with Crippen LogP contribution in [0.3, 0.4) is 0 Å². The molecule has 0 radical (unpaired) electrons. The lowest BCUT2D eigenvalue weighted by atomic mass is 10.2. The van der Waals surface area contributed by atoms with Crippen molar-refractivity contribution in [1.82, 2.24) is 29.9 Å². The molecular weight excluding hydrogens is 376 g/mol. The second-order valence-corrected chi connectivity index (χ2v) is 6.76. The number of ether oxygens (including phenoxy) is 1. The molecule has 0 amide bonds. The predicted octanol–water partition coefficient (Wildman–Crippen LogP) is 3.71. The second-order valence-electron chi connectivity index (χ2n) is 5.81. The lowest BCUT2D eigenvalue weighted by Crippen LogP contribution is -2.00. The maximum absolute atomic E-state index is 5.55. The van der Waals surface area contributed by atoms with Crippen molar-refractivity contribution in [3.63, 3.8) is 0 Å². The van der Waals surface area contributed by atoms with Crippen molar-refractivity contribution < 1.29 is 9.15 Å². The summed E-state index contributed by atoms with van der Waals surface area (Å²) >= 11 is 1.48. The zero-order valence-electron chi connectivity index (χ0n) is 15.4. The molecule has 0 saturated carbocycles. The third-order valence-electron chi connectivity index (χ3n) is 3.85. The van der Waals surface area contributed by atoms with Gasteiger partial charge in [-0.05, 0) is 43.3 Å². The summed E-state index contributed by atoms with van der Waals surface area (Å²) in [7, 11) is 0. The topological polar surface area (TPSA) is 91.8 Å². The molecule has 1 aromatic carbocycles. The Hall–Kier alpha value is -3.20. The van der Waals surface area contributed by atoms with Gasteiger partial charge in [-0.3, -0.25) is 9.55 Å². The van der Waals surface area contributed by atoms with E-state index < -0.39 is 0 Å². The molecule has 8 nitrogen and oxygen atoms in total. The van der Waals surface area contributed by atoms with Gasteiger partial charge >= 0.3 is 0 Å². The summed E-state index contributed by atoms with van der Waals surface area (Å²) in [6, 6.07) is 11.7. The third kappa shape index (κ3) is 3.89. The van der Waals surface area contributed by atoms with Gasteiger partial charge in [-0.2, -0.15) is 0 Å². The van der Waals surface area contributed by atoms with Gasteiger partial charge in [0.05, 0.1) is 12.4 Å². The molecule has 4 rings (SSSR count). The van der Waals surface area contributed by atoms with Crippen molar-refractivity contribution in [1.29, 1.82) is 0 Å². The van der Waals surface area contributed by atoms with Gasteiger partial charge in [0, 0.05) is 30.6 Å². The number of rotatable bonds is 7. The Morgan fingerprint density at radius 3 is 2.61 bits per heavy atom. The average Bonchev–Trinajstić information content (AvgIpc) is 3.34. The van der Waals surface area contributed by atoms with E-state index in [1.165, 1.54) is 11.8 Å². The van der Waals surface area contributed by atoms with Gasteiger partial charge < -0.3 is 9.15 Å². The zero-order valence-corrected chi connectivity index (χ0v) is 16.3. The highest BCUT2D eigenvalue weighted by Gasteiger charge is 2.17. The quantitative estimate of drug-likeness (QED) is 0.438. The van der Waals surface area contributed by atoms with Crippen molar-refractivity contribution in [2.75, 3.05) is 6.61 Å². The summed E-state index contributed by atoms with van der Waals surface area (Å²) in [5, 5.41) is 17.4. The zero-order chi connectivity index (χ0) is 19.3. The van der Waals surface area contributed by atoms with Crippen LogP contribution in [0.5, 0.6) is 5.75 Å². The van der Waals surface area contributed by atoms with E-state index in [1.807, 2.05) is 47.9 Å². The smallest absolute Gasteiger partial charge is 0.226 e. The maximum Gasteiger partial charge on any atom is 0.226 e. The molecule has 9 heteroatoms. The molecule has 4 aromatic rings. The van der Waals surface area contributed by atoms with E-state index in [-0.39, 0.29) is 0 Å². The van der Waals surface area contributed by atoms with Crippen LogP contribution >= 0.6 is 11.8 Å². The lowest BCUT2D eigenvalue weighted by molar-refractivity contribution is 0.340. The third-order valence-corrected chi connectivity index (χ3v) is 4.77. The van der Waals surface area contributed by atoms with Gasteiger partial charge in [0.15, 0.2) is 11.0 Å². The molecule has 28 heavy (non-hydrogen) atoms. The predicted molar refractivity (Wildman–Crippen MR) is 104 cm³/mol. The van der Waals surface area contributed by atoms with Crippen LogP contribution in [0.15, 0.2) is 58.4 Å². The van der Waals surface area contributed by atoms with Crippen molar-refractivity contribution in [3.05, 3.63) is 60.6 Å². The van der Waals surface area contributed by atoms with Crippen LogP contribution in [0, 0.1) is 6.92 Å². The number of aromatic nitrogens is 6. The van der Waals surface area contributed by atoms with Crippen molar-refractivity contribution in [2.45, 2.75) is 24.8 Å². The van der Waals surface area contributed by atoms with Gasteiger partial charge in [-0.1, -0.05) is 11.8 Å². The molecule has 3 heterocycles. The molecule has 0 aliphatic heterocycles. The highest BCUT2D eigenvalue weighted by Crippen LogP contribution is 2.30. The minimum absolute atomic E-state index is 0.503. The van der Waals surface area contributed by atoms with Gasteiger partial charge in [-0.25, -0.2) is 0 Å². The van der Waals surface area contributed by atoms with E-state index in [0.717, 1.165) is 22.2 Å². The molecule has 0 aliphatic carbocycles.